The maximum Gasteiger partial charge on any atom is 0.190 e. The number of benzene rings is 1. The van der Waals surface area contributed by atoms with Crippen LogP contribution in [0.1, 0.15) is 24.3 Å². The Morgan fingerprint density at radius 2 is 1.88 bits per heavy atom. The first-order chi connectivity index (χ1) is 7.66. The highest BCUT2D eigenvalue weighted by atomic mass is 15.2. The van der Waals surface area contributed by atoms with E-state index >= 15 is 0 Å². The predicted molar refractivity (Wildman–Crippen MR) is 67.5 cm³/mol. The minimum atomic E-state index is 0.410. The molecule has 0 bridgehead atoms. The summed E-state index contributed by atoms with van der Waals surface area (Å²) in [6.45, 7) is 0. The quantitative estimate of drug-likeness (QED) is 0.606. The molecule has 86 valence electrons. The molecule has 0 radical (unpaired) electrons. The molecule has 1 saturated carbocycles. The van der Waals surface area contributed by atoms with Crippen molar-refractivity contribution in [3.63, 3.8) is 0 Å². The lowest BCUT2D eigenvalue weighted by atomic mass is 9.76. The zero-order valence-corrected chi connectivity index (χ0v) is 9.93. The van der Waals surface area contributed by atoms with Gasteiger partial charge in [0.1, 0.15) is 0 Å². The van der Waals surface area contributed by atoms with E-state index in [0.29, 0.717) is 17.9 Å². The first kappa shape index (κ1) is 11.0. The fraction of sp³-hybridized carbons (Fsp3) is 0.462. The van der Waals surface area contributed by atoms with Crippen molar-refractivity contribution in [2.75, 3.05) is 14.1 Å². The molecule has 1 aromatic rings. The maximum atomic E-state index is 5.79. The van der Waals surface area contributed by atoms with E-state index in [2.05, 4.69) is 35.3 Å². The summed E-state index contributed by atoms with van der Waals surface area (Å²) >= 11 is 0. The fourth-order valence-electron chi connectivity index (χ4n) is 1.99. The summed E-state index contributed by atoms with van der Waals surface area (Å²) < 4.78 is 0. The molecule has 2 rings (SSSR count). The Balaban J connectivity index is 1.89. The van der Waals surface area contributed by atoms with Crippen molar-refractivity contribution in [3.05, 3.63) is 35.9 Å². The van der Waals surface area contributed by atoms with Crippen molar-refractivity contribution in [2.24, 2.45) is 10.7 Å². The molecule has 3 heteroatoms. The topological polar surface area (TPSA) is 41.6 Å². The van der Waals surface area contributed by atoms with Crippen LogP contribution < -0.4 is 5.73 Å². The van der Waals surface area contributed by atoms with E-state index in [4.69, 9.17) is 5.73 Å². The average Bonchev–Trinajstić information content (AvgIpc) is 2.23. The molecule has 0 aliphatic heterocycles. The van der Waals surface area contributed by atoms with Gasteiger partial charge >= 0.3 is 0 Å². The molecule has 1 aliphatic rings. The highest BCUT2D eigenvalue weighted by Crippen LogP contribution is 2.38. The third-order valence-corrected chi connectivity index (χ3v) is 3.16. The molecule has 0 amide bonds. The van der Waals surface area contributed by atoms with Crippen molar-refractivity contribution < 1.29 is 0 Å². The number of hydrogen-bond donors (Lipinski definition) is 1. The summed E-state index contributed by atoms with van der Waals surface area (Å²) in [5, 5.41) is 0. The summed E-state index contributed by atoms with van der Waals surface area (Å²) in [5.74, 6) is 1.31. The van der Waals surface area contributed by atoms with Crippen LogP contribution in [0.4, 0.5) is 0 Å². The minimum Gasteiger partial charge on any atom is -0.370 e. The van der Waals surface area contributed by atoms with Gasteiger partial charge in [0.15, 0.2) is 5.96 Å². The molecule has 3 nitrogen and oxygen atoms in total. The minimum absolute atomic E-state index is 0.410. The number of nitrogens with two attached hydrogens (primary N) is 1. The molecule has 1 aliphatic carbocycles. The van der Waals surface area contributed by atoms with E-state index in [1.54, 1.807) is 0 Å². The standard InChI is InChI=1S/C13H19N3/c1-16(2)13(14)15-12-8-11(9-12)10-6-4-3-5-7-10/h3-7,11-12H,8-9H2,1-2H3,(H2,14,15). The van der Waals surface area contributed by atoms with Gasteiger partial charge in [-0.15, -0.1) is 0 Å². The number of aliphatic imine (C=N–C) groups is 1. The lowest BCUT2D eigenvalue weighted by molar-refractivity contribution is 0.350. The van der Waals surface area contributed by atoms with Gasteiger partial charge in [0.2, 0.25) is 0 Å². The van der Waals surface area contributed by atoms with Gasteiger partial charge in [-0.2, -0.15) is 0 Å². The lowest BCUT2D eigenvalue weighted by Crippen LogP contribution is -2.35. The zero-order chi connectivity index (χ0) is 11.5. The number of hydrogen-bond acceptors (Lipinski definition) is 1. The van der Waals surface area contributed by atoms with Crippen molar-refractivity contribution in [1.82, 2.24) is 4.90 Å². The average molecular weight is 217 g/mol. The van der Waals surface area contributed by atoms with Gasteiger partial charge in [-0.25, -0.2) is 4.99 Å². The third-order valence-electron chi connectivity index (χ3n) is 3.16. The fourth-order valence-corrected chi connectivity index (χ4v) is 1.99. The Morgan fingerprint density at radius 3 is 2.44 bits per heavy atom. The molecule has 0 heterocycles. The van der Waals surface area contributed by atoms with Crippen LogP contribution >= 0.6 is 0 Å². The maximum absolute atomic E-state index is 5.79. The smallest absolute Gasteiger partial charge is 0.190 e. The van der Waals surface area contributed by atoms with Crippen LogP contribution in [0.2, 0.25) is 0 Å². The van der Waals surface area contributed by atoms with E-state index in [1.807, 2.05) is 19.0 Å². The van der Waals surface area contributed by atoms with Crippen molar-refractivity contribution in [1.29, 1.82) is 0 Å². The van der Waals surface area contributed by atoms with Gasteiger partial charge in [0, 0.05) is 14.1 Å². The number of guanidine groups is 1. The Kier molecular flexibility index (Phi) is 3.13. The van der Waals surface area contributed by atoms with Crippen LogP contribution in [-0.4, -0.2) is 31.0 Å². The van der Waals surface area contributed by atoms with Crippen molar-refractivity contribution in [2.45, 2.75) is 24.8 Å². The van der Waals surface area contributed by atoms with Crippen molar-refractivity contribution in [3.8, 4) is 0 Å². The largest absolute Gasteiger partial charge is 0.370 e. The second kappa shape index (κ2) is 4.56. The molecule has 2 N–H and O–H groups in total. The zero-order valence-electron chi connectivity index (χ0n) is 9.93. The molecule has 0 unspecified atom stereocenters. The third kappa shape index (κ3) is 2.35. The van der Waals surface area contributed by atoms with Gasteiger partial charge in [0.25, 0.3) is 0 Å². The second-order valence-corrected chi connectivity index (χ2v) is 4.61. The van der Waals surface area contributed by atoms with Gasteiger partial charge in [-0.1, -0.05) is 30.3 Å². The molecule has 1 aromatic carbocycles. The SMILES string of the molecule is CN(C)C(N)=NC1CC(c2ccccc2)C1. The Labute approximate surface area is 97.0 Å². The monoisotopic (exact) mass is 217 g/mol. The molecular weight excluding hydrogens is 198 g/mol. The number of rotatable bonds is 2. The lowest BCUT2D eigenvalue weighted by Gasteiger charge is -2.33. The van der Waals surface area contributed by atoms with Crippen LogP contribution in [0.25, 0.3) is 0 Å². The van der Waals surface area contributed by atoms with E-state index in [1.165, 1.54) is 5.56 Å². The first-order valence-corrected chi connectivity index (χ1v) is 5.72. The molecule has 0 aromatic heterocycles. The Bertz CT molecular complexity index is 364. The van der Waals surface area contributed by atoms with Crippen LogP contribution in [-0.2, 0) is 0 Å². The number of nitrogens with zero attached hydrogens (tertiary/aromatic N) is 2. The summed E-state index contributed by atoms with van der Waals surface area (Å²) in [6, 6.07) is 11.1. The van der Waals surface area contributed by atoms with Crippen LogP contribution in [0.15, 0.2) is 35.3 Å². The molecular formula is C13H19N3. The predicted octanol–water partition coefficient (Wildman–Crippen LogP) is 1.81. The second-order valence-electron chi connectivity index (χ2n) is 4.61. The van der Waals surface area contributed by atoms with E-state index in [0.717, 1.165) is 12.8 Å². The van der Waals surface area contributed by atoms with Crippen LogP contribution in [0, 0.1) is 0 Å². The summed E-state index contributed by atoms with van der Waals surface area (Å²) in [6.07, 6.45) is 2.25. The first-order valence-electron chi connectivity index (χ1n) is 5.72. The summed E-state index contributed by atoms with van der Waals surface area (Å²) in [5.41, 5.74) is 7.22. The van der Waals surface area contributed by atoms with Gasteiger partial charge < -0.3 is 10.6 Å². The Hall–Kier alpha value is -1.51. The molecule has 1 fully saturated rings. The normalized spacial score (nSPS) is 25.0. The molecule has 0 spiro atoms. The highest BCUT2D eigenvalue weighted by molar-refractivity contribution is 5.77. The summed E-state index contributed by atoms with van der Waals surface area (Å²) in [4.78, 5) is 6.33. The van der Waals surface area contributed by atoms with Crippen LogP contribution in [0.5, 0.6) is 0 Å². The Morgan fingerprint density at radius 1 is 1.25 bits per heavy atom. The summed E-state index contributed by atoms with van der Waals surface area (Å²) in [7, 11) is 3.85. The van der Waals surface area contributed by atoms with Gasteiger partial charge in [-0.05, 0) is 24.3 Å². The molecule has 0 saturated heterocycles. The van der Waals surface area contributed by atoms with Gasteiger partial charge in [-0.3, -0.25) is 0 Å². The van der Waals surface area contributed by atoms with E-state index < -0.39 is 0 Å². The van der Waals surface area contributed by atoms with E-state index in [-0.39, 0.29) is 0 Å². The molecule has 16 heavy (non-hydrogen) atoms. The van der Waals surface area contributed by atoms with E-state index in [9.17, 15) is 0 Å². The van der Waals surface area contributed by atoms with Crippen LogP contribution in [0.3, 0.4) is 0 Å². The highest BCUT2D eigenvalue weighted by Gasteiger charge is 2.30. The van der Waals surface area contributed by atoms with Gasteiger partial charge in [0.05, 0.1) is 6.04 Å². The molecule has 0 atom stereocenters. The van der Waals surface area contributed by atoms with Crippen molar-refractivity contribution >= 4 is 5.96 Å².